The lowest BCUT2D eigenvalue weighted by atomic mass is 10.1. The third-order valence-electron chi connectivity index (χ3n) is 3.52. The quantitative estimate of drug-likeness (QED) is 0.601. The van der Waals surface area contributed by atoms with Crippen LogP contribution in [-0.2, 0) is 11.2 Å². The second kappa shape index (κ2) is 7.14. The third-order valence-corrected chi connectivity index (χ3v) is 3.52. The van der Waals surface area contributed by atoms with Crippen molar-refractivity contribution in [2.45, 2.75) is 25.7 Å². The molecule has 1 saturated heterocycles. The zero-order valence-corrected chi connectivity index (χ0v) is 11.4. The third kappa shape index (κ3) is 4.91. The molecule has 0 saturated carbocycles. The SMILES string of the molecule is Nc1ccc(CC(=O)NCCCN2CCCC2)cc1. The van der Waals surface area contributed by atoms with Crippen LogP contribution in [0.2, 0.25) is 0 Å². The van der Waals surface area contributed by atoms with Crippen LogP contribution in [0.1, 0.15) is 24.8 Å². The van der Waals surface area contributed by atoms with E-state index < -0.39 is 0 Å². The smallest absolute Gasteiger partial charge is 0.224 e. The van der Waals surface area contributed by atoms with E-state index in [1.165, 1.54) is 25.9 Å². The second-order valence-electron chi connectivity index (χ2n) is 5.17. The number of carbonyl (C=O) groups excluding carboxylic acids is 1. The van der Waals surface area contributed by atoms with Crippen LogP contribution < -0.4 is 11.1 Å². The number of hydrogen-bond donors (Lipinski definition) is 2. The largest absolute Gasteiger partial charge is 0.399 e. The minimum atomic E-state index is 0.0891. The molecule has 0 radical (unpaired) electrons. The summed E-state index contributed by atoms with van der Waals surface area (Å²) >= 11 is 0. The van der Waals surface area contributed by atoms with Crippen molar-refractivity contribution in [1.29, 1.82) is 0 Å². The first-order chi connectivity index (χ1) is 9.24. The molecule has 3 N–H and O–H groups in total. The van der Waals surface area contributed by atoms with Crippen molar-refractivity contribution < 1.29 is 4.79 Å². The van der Waals surface area contributed by atoms with Crippen LogP contribution in [-0.4, -0.2) is 37.0 Å². The summed E-state index contributed by atoms with van der Waals surface area (Å²) in [5, 5.41) is 2.97. The van der Waals surface area contributed by atoms with Crippen molar-refractivity contribution in [3.05, 3.63) is 29.8 Å². The van der Waals surface area contributed by atoms with E-state index in [1.54, 1.807) is 0 Å². The number of hydrogen-bond acceptors (Lipinski definition) is 3. The van der Waals surface area contributed by atoms with Gasteiger partial charge in [0.05, 0.1) is 6.42 Å². The van der Waals surface area contributed by atoms with E-state index in [9.17, 15) is 4.79 Å². The standard InChI is InChI=1S/C15H23N3O/c16-14-6-4-13(5-7-14)12-15(19)17-8-3-11-18-9-1-2-10-18/h4-7H,1-3,8-12,16H2,(H,17,19). The zero-order chi connectivity index (χ0) is 13.5. The number of rotatable bonds is 6. The molecule has 0 spiro atoms. The Morgan fingerprint density at radius 3 is 2.58 bits per heavy atom. The molecule has 0 atom stereocenters. The summed E-state index contributed by atoms with van der Waals surface area (Å²) < 4.78 is 0. The van der Waals surface area contributed by atoms with Crippen molar-refractivity contribution in [2.75, 3.05) is 31.9 Å². The van der Waals surface area contributed by atoms with E-state index >= 15 is 0 Å². The van der Waals surface area contributed by atoms with Crippen molar-refractivity contribution in [1.82, 2.24) is 10.2 Å². The van der Waals surface area contributed by atoms with Gasteiger partial charge in [-0.3, -0.25) is 4.79 Å². The molecule has 104 valence electrons. The Kier molecular flexibility index (Phi) is 5.21. The normalized spacial score (nSPS) is 15.6. The van der Waals surface area contributed by atoms with E-state index in [1.807, 2.05) is 24.3 Å². The molecule has 4 nitrogen and oxygen atoms in total. The first-order valence-electron chi connectivity index (χ1n) is 7.07. The summed E-state index contributed by atoms with van der Waals surface area (Å²) in [4.78, 5) is 14.2. The number of nitrogens with zero attached hydrogens (tertiary/aromatic N) is 1. The van der Waals surface area contributed by atoms with Crippen LogP contribution in [0.3, 0.4) is 0 Å². The Bertz CT molecular complexity index is 396. The Hall–Kier alpha value is -1.55. The first kappa shape index (κ1) is 13.9. The van der Waals surface area contributed by atoms with E-state index in [0.29, 0.717) is 6.42 Å². The molecule has 1 aromatic rings. The zero-order valence-electron chi connectivity index (χ0n) is 11.4. The van der Waals surface area contributed by atoms with Crippen molar-refractivity contribution in [3.8, 4) is 0 Å². The lowest BCUT2D eigenvalue weighted by molar-refractivity contribution is -0.120. The topological polar surface area (TPSA) is 58.4 Å². The molecule has 1 aliphatic rings. The fourth-order valence-electron chi connectivity index (χ4n) is 2.42. The highest BCUT2D eigenvalue weighted by atomic mass is 16.1. The van der Waals surface area contributed by atoms with Gasteiger partial charge in [-0.15, -0.1) is 0 Å². The minimum Gasteiger partial charge on any atom is -0.399 e. The Balaban J connectivity index is 1.60. The molecule has 0 aliphatic carbocycles. The number of benzene rings is 1. The maximum absolute atomic E-state index is 11.7. The van der Waals surface area contributed by atoms with Gasteiger partial charge in [0.25, 0.3) is 0 Å². The van der Waals surface area contributed by atoms with Gasteiger partial charge in [-0.1, -0.05) is 12.1 Å². The molecular formula is C15H23N3O. The lowest BCUT2D eigenvalue weighted by Crippen LogP contribution is -2.29. The molecule has 2 rings (SSSR count). The summed E-state index contributed by atoms with van der Waals surface area (Å²) in [6.07, 6.45) is 4.12. The van der Waals surface area contributed by atoms with Crippen molar-refractivity contribution in [2.24, 2.45) is 0 Å². The van der Waals surface area contributed by atoms with Gasteiger partial charge in [0.15, 0.2) is 0 Å². The van der Waals surface area contributed by atoms with Crippen LogP contribution in [0.4, 0.5) is 5.69 Å². The van der Waals surface area contributed by atoms with Crippen LogP contribution >= 0.6 is 0 Å². The van der Waals surface area contributed by atoms with Gasteiger partial charge < -0.3 is 16.0 Å². The number of nitrogens with two attached hydrogens (primary N) is 1. The van der Waals surface area contributed by atoms with Gasteiger partial charge in [0, 0.05) is 12.2 Å². The lowest BCUT2D eigenvalue weighted by Gasteiger charge is -2.14. The second-order valence-corrected chi connectivity index (χ2v) is 5.17. The van der Waals surface area contributed by atoms with E-state index in [-0.39, 0.29) is 5.91 Å². The minimum absolute atomic E-state index is 0.0891. The maximum atomic E-state index is 11.7. The number of nitrogen functional groups attached to an aromatic ring is 1. The highest BCUT2D eigenvalue weighted by Crippen LogP contribution is 2.07. The number of likely N-dealkylation sites (tertiary alicyclic amines) is 1. The predicted octanol–water partition coefficient (Wildman–Crippen LogP) is 1.41. The van der Waals surface area contributed by atoms with Crippen LogP contribution in [0.25, 0.3) is 0 Å². The van der Waals surface area contributed by atoms with Gasteiger partial charge in [-0.2, -0.15) is 0 Å². The van der Waals surface area contributed by atoms with Gasteiger partial charge in [-0.25, -0.2) is 0 Å². The molecule has 19 heavy (non-hydrogen) atoms. The molecular weight excluding hydrogens is 238 g/mol. The van der Waals surface area contributed by atoms with Crippen molar-refractivity contribution >= 4 is 11.6 Å². The predicted molar refractivity (Wildman–Crippen MR) is 77.9 cm³/mol. The number of anilines is 1. The molecule has 1 aliphatic heterocycles. The van der Waals surface area contributed by atoms with Crippen LogP contribution in [0, 0.1) is 0 Å². The summed E-state index contributed by atoms with van der Waals surface area (Å²) in [6.45, 7) is 4.31. The molecule has 1 aromatic carbocycles. The molecule has 0 bridgehead atoms. The molecule has 4 heteroatoms. The average Bonchev–Trinajstić information content (AvgIpc) is 2.91. The first-order valence-corrected chi connectivity index (χ1v) is 7.07. The molecule has 0 aromatic heterocycles. The fraction of sp³-hybridized carbons (Fsp3) is 0.533. The van der Waals surface area contributed by atoms with Gasteiger partial charge in [-0.05, 0) is 56.6 Å². The maximum Gasteiger partial charge on any atom is 0.224 e. The average molecular weight is 261 g/mol. The molecule has 1 amide bonds. The number of carbonyl (C=O) groups is 1. The fourth-order valence-corrected chi connectivity index (χ4v) is 2.42. The molecule has 1 fully saturated rings. The van der Waals surface area contributed by atoms with Crippen LogP contribution in [0.15, 0.2) is 24.3 Å². The Labute approximate surface area is 115 Å². The van der Waals surface area contributed by atoms with E-state index in [2.05, 4.69) is 10.2 Å². The van der Waals surface area contributed by atoms with Gasteiger partial charge in [0.1, 0.15) is 0 Å². The Morgan fingerprint density at radius 1 is 1.21 bits per heavy atom. The van der Waals surface area contributed by atoms with Gasteiger partial charge >= 0.3 is 0 Å². The molecule has 1 heterocycles. The highest BCUT2D eigenvalue weighted by Gasteiger charge is 2.10. The highest BCUT2D eigenvalue weighted by molar-refractivity contribution is 5.78. The molecule has 0 unspecified atom stereocenters. The van der Waals surface area contributed by atoms with E-state index in [0.717, 1.165) is 30.8 Å². The van der Waals surface area contributed by atoms with Gasteiger partial charge in [0.2, 0.25) is 5.91 Å². The summed E-state index contributed by atoms with van der Waals surface area (Å²) in [5.74, 6) is 0.0891. The summed E-state index contributed by atoms with van der Waals surface area (Å²) in [7, 11) is 0. The van der Waals surface area contributed by atoms with Crippen molar-refractivity contribution in [3.63, 3.8) is 0 Å². The number of amides is 1. The monoisotopic (exact) mass is 261 g/mol. The summed E-state index contributed by atoms with van der Waals surface area (Å²) in [6, 6.07) is 7.46. The Morgan fingerprint density at radius 2 is 1.89 bits per heavy atom. The number of nitrogens with one attached hydrogen (secondary N) is 1. The van der Waals surface area contributed by atoms with Crippen LogP contribution in [0.5, 0.6) is 0 Å². The summed E-state index contributed by atoms with van der Waals surface area (Å²) in [5.41, 5.74) is 7.35. The van der Waals surface area contributed by atoms with E-state index in [4.69, 9.17) is 5.73 Å².